The van der Waals surface area contributed by atoms with Gasteiger partial charge in [0.15, 0.2) is 0 Å². The fourth-order valence-corrected chi connectivity index (χ4v) is 5.42. The molecule has 0 radical (unpaired) electrons. The fraction of sp³-hybridized carbons (Fsp3) is 0.409. The summed E-state index contributed by atoms with van der Waals surface area (Å²) in [6.07, 6.45) is 1.91. The van der Waals surface area contributed by atoms with Crippen molar-refractivity contribution in [3.63, 3.8) is 0 Å². The highest BCUT2D eigenvalue weighted by Gasteiger charge is 2.31. The van der Waals surface area contributed by atoms with E-state index >= 15 is 0 Å². The van der Waals surface area contributed by atoms with Crippen LogP contribution in [0.4, 0.5) is 0 Å². The third-order valence-electron chi connectivity index (χ3n) is 5.68. The lowest BCUT2D eigenvalue weighted by Crippen LogP contribution is -2.40. The van der Waals surface area contributed by atoms with Crippen LogP contribution >= 0.6 is 0 Å². The molecule has 2 fully saturated rings. The average molecular weight is 415 g/mol. The first kappa shape index (κ1) is 20.1. The average Bonchev–Trinajstić information content (AvgIpc) is 3.24. The maximum absolute atomic E-state index is 13.1. The van der Waals surface area contributed by atoms with Crippen LogP contribution in [-0.4, -0.2) is 56.4 Å². The summed E-state index contributed by atoms with van der Waals surface area (Å²) in [7, 11) is -3.55. The molecule has 2 saturated heterocycles. The maximum atomic E-state index is 13.1. The Hall–Kier alpha value is -2.22. The summed E-state index contributed by atoms with van der Waals surface area (Å²) in [6.45, 7) is 4.29. The number of hydrogen-bond donors (Lipinski definition) is 0. The zero-order chi connectivity index (χ0) is 20.4. The molecule has 0 aliphatic carbocycles. The second-order valence-corrected chi connectivity index (χ2v) is 9.55. The van der Waals surface area contributed by atoms with Crippen molar-refractivity contribution in [1.82, 2.24) is 9.21 Å². The largest absolute Gasteiger partial charge is 0.379 e. The summed E-state index contributed by atoms with van der Waals surface area (Å²) in [5.74, 6) is -0.0524. The number of aryl methyl sites for hydroxylation is 1. The number of amides is 1. The van der Waals surface area contributed by atoms with Gasteiger partial charge >= 0.3 is 0 Å². The molecule has 2 aliphatic rings. The van der Waals surface area contributed by atoms with Gasteiger partial charge in [-0.2, -0.15) is 4.31 Å². The first-order chi connectivity index (χ1) is 14.0. The second kappa shape index (κ2) is 8.26. The van der Waals surface area contributed by atoms with Crippen LogP contribution in [0.5, 0.6) is 0 Å². The summed E-state index contributed by atoms with van der Waals surface area (Å²) in [5, 5.41) is 0. The molecule has 4 rings (SSSR count). The van der Waals surface area contributed by atoms with Crippen LogP contribution in [0, 0.1) is 6.92 Å². The predicted molar refractivity (Wildman–Crippen MR) is 110 cm³/mol. The smallest absolute Gasteiger partial charge is 0.254 e. The highest BCUT2D eigenvalue weighted by molar-refractivity contribution is 7.89. The van der Waals surface area contributed by atoms with Gasteiger partial charge in [-0.15, -0.1) is 0 Å². The van der Waals surface area contributed by atoms with Crippen molar-refractivity contribution < 1.29 is 17.9 Å². The van der Waals surface area contributed by atoms with E-state index in [0.29, 0.717) is 38.4 Å². The van der Waals surface area contributed by atoms with Gasteiger partial charge in [0.05, 0.1) is 24.2 Å². The van der Waals surface area contributed by atoms with Crippen LogP contribution in [0.25, 0.3) is 0 Å². The zero-order valence-electron chi connectivity index (χ0n) is 16.6. The summed E-state index contributed by atoms with van der Waals surface area (Å²) in [6, 6.07) is 14.7. The topological polar surface area (TPSA) is 66.9 Å². The number of hydrogen-bond acceptors (Lipinski definition) is 4. The predicted octanol–water partition coefficient (Wildman–Crippen LogP) is 2.99. The van der Waals surface area contributed by atoms with Crippen molar-refractivity contribution in [2.75, 3.05) is 32.8 Å². The molecule has 0 bridgehead atoms. The summed E-state index contributed by atoms with van der Waals surface area (Å²) in [5.41, 5.74) is 2.86. The quantitative estimate of drug-likeness (QED) is 0.771. The number of sulfonamides is 1. The Balaban J connectivity index is 1.52. The first-order valence-electron chi connectivity index (χ1n) is 10.0. The third-order valence-corrected chi connectivity index (χ3v) is 7.60. The molecule has 2 aromatic rings. The van der Waals surface area contributed by atoms with Crippen LogP contribution in [0.15, 0.2) is 53.4 Å². The van der Waals surface area contributed by atoms with Crippen molar-refractivity contribution >= 4 is 15.9 Å². The van der Waals surface area contributed by atoms with Crippen molar-refractivity contribution in [3.05, 3.63) is 65.2 Å². The van der Waals surface area contributed by atoms with Gasteiger partial charge in [-0.3, -0.25) is 4.79 Å². The van der Waals surface area contributed by atoms with E-state index in [1.807, 2.05) is 11.8 Å². The molecule has 7 heteroatoms. The molecule has 2 heterocycles. The van der Waals surface area contributed by atoms with Gasteiger partial charge in [-0.05, 0) is 49.6 Å². The Kier molecular flexibility index (Phi) is 5.72. The van der Waals surface area contributed by atoms with E-state index in [0.717, 1.165) is 18.4 Å². The van der Waals surface area contributed by atoms with Gasteiger partial charge < -0.3 is 9.64 Å². The maximum Gasteiger partial charge on any atom is 0.254 e. The number of ether oxygens (including phenoxy) is 1. The van der Waals surface area contributed by atoms with Gasteiger partial charge in [0.25, 0.3) is 5.91 Å². The van der Waals surface area contributed by atoms with E-state index in [1.54, 1.807) is 12.1 Å². The van der Waals surface area contributed by atoms with E-state index in [4.69, 9.17) is 4.74 Å². The van der Waals surface area contributed by atoms with Crippen LogP contribution in [0.1, 0.15) is 40.4 Å². The van der Waals surface area contributed by atoms with Gasteiger partial charge in [0.1, 0.15) is 0 Å². The lowest BCUT2D eigenvalue weighted by atomic mass is 10.0. The number of carbonyl (C=O) groups excluding carboxylic acids is 1. The molecule has 1 unspecified atom stereocenters. The Morgan fingerprint density at radius 3 is 2.28 bits per heavy atom. The minimum absolute atomic E-state index is 0.0524. The molecule has 2 aromatic carbocycles. The van der Waals surface area contributed by atoms with Crippen molar-refractivity contribution in [1.29, 1.82) is 0 Å². The van der Waals surface area contributed by atoms with Crippen molar-refractivity contribution in [2.24, 2.45) is 0 Å². The fourth-order valence-electron chi connectivity index (χ4n) is 4.02. The van der Waals surface area contributed by atoms with Crippen molar-refractivity contribution in [3.8, 4) is 0 Å². The molecule has 2 aliphatic heterocycles. The van der Waals surface area contributed by atoms with E-state index in [9.17, 15) is 13.2 Å². The monoisotopic (exact) mass is 414 g/mol. The van der Waals surface area contributed by atoms with Crippen LogP contribution in [0.3, 0.4) is 0 Å². The third kappa shape index (κ3) is 4.08. The summed E-state index contributed by atoms with van der Waals surface area (Å²) in [4.78, 5) is 15.2. The van der Waals surface area contributed by atoms with Crippen molar-refractivity contribution in [2.45, 2.75) is 30.7 Å². The van der Waals surface area contributed by atoms with Gasteiger partial charge in [0, 0.05) is 25.2 Å². The summed E-state index contributed by atoms with van der Waals surface area (Å²) < 4.78 is 32.2. The molecule has 0 N–H and O–H groups in total. The van der Waals surface area contributed by atoms with E-state index < -0.39 is 10.0 Å². The highest BCUT2D eigenvalue weighted by Crippen LogP contribution is 2.33. The Labute approximate surface area is 172 Å². The first-order valence-corrected chi connectivity index (χ1v) is 11.5. The molecule has 1 atom stereocenters. The Morgan fingerprint density at radius 2 is 1.62 bits per heavy atom. The lowest BCUT2D eigenvalue weighted by molar-refractivity contribution is 0.0730. The van der Waals surface area contributed by atoms with Gasteiger partial charge in [0.2, 0.25) is 10.0 Å². The van der Waals surface area contributed by atoms with Crippen LogP contribution in [0.2, 0.25) is 0 Å². The van der Waals surface area contributed by atoms with Gasteiger partial charge in [-0.1, -0.05) is 29.8 Å². The highest BCUT2D eigenvalue weighted by atomic mass is 32.2. The minimum atomic E-state index is -3.55. The van der Waals surface area contributed by atoms with Crippen LogP contribution in [-0.2, 0) is 14.8 Å². The van der Waals surface area contributed by atoms with E-state index in [2.05, 4.69) is 24.3 Å². The molecule has 29 heavy (non-hydrogen) atoms. The number of benzene rings is 2. The molecule has 0 aromatic heterocycles. The molecular formula is C22H26N2O4S. The number of rotatable bonds is 4. The lowest BCUT2D eigenvalue weighted by Gasteiger charge is -2.27. The normalized spacial score (nSPS) is 20.7. The number of nitrogens with zero attached hydrogens (tertiary/aromatic N) is 2. The molecule has 6 nitrogen and oxygen atoms in total. The second-order valence-electron chi connectivity index (χ2n) is 7.61. The number of morpholine rings is 1. The number of likely N-dealkylation sites (tertiary alicyclic amines) is 1. The SMILES string of the molecule is Cc1ccc(C2CCCN2C(=O)c2ccc(S(=O)(=O)N3CCOCC3)cc2)cc1. The Morgan fingerprint density at radius 1 is 0.966 bits per heavy atom. The van der Waals surface area contributed by atoms with Gasteiger partial charge in [-0.25, -0.2) is 8.42 Å². The molecule has 154 valence electrons. The molecule has 0 saturated carbocycles. The minimum Gasteiger partial charge on any atom is -0.379 e. The Bertz CT molecular complexity index is 965. The molecular weight excluding hydrogens is 388 g/mol. The molecule has 1 amide bonds. The van der Waals surface area contributed by atoms with E-state index in [-0.39, 0.29) is 16.8 Å². The summed E-state index contributed by atoms with van der Waals surface area (Å²) >= 11 is 0. The van der Waals surface area contributed by atoms with Crippen LogP contribution < -0.4 is 0 Å². The molecule has 0 spiro atoms. The number of carbonyl (C=O) groups is 1. The standard InChI is InChI=1S/C22H26N2O4S/c1-17-4-6-18(7-5-17)21-3-2-12-24(21)22(25)19-8-10-20(11-9-19)29(26,27)23-13-15-28-16-14-23/h4-11,21H,2-3,12-16H2,1H3. The zero-order valence-corrected chi connectivity index (χ0v) is 17.4. The van der Waals surface area contributed by atoms with E-state index in [1.165, 1.54) is 22.0 Å².